The van der Waals surface area contributed by atoms with Crippen LogP contribution in [-0.2, 0) is 16.1 Å². The number of amides is 2. The second-order valence-electron chi connectivity index (χ2n) is 7.31. The van der Waals surface area contributed by atoms with E-state index in [0.29, 0.717) is 34.1 Å². The zero-order valence-electron chi connectivity index (χ0n) is 19.6. The van der Waals surface area contributed by atoms with Gasteiger partial charge in [0.1, 0.15) is 17.2 Å². The lowest BCUT2D eigenvalue weighted by Crippen LogP contribution is -2.28. The smallest absolute Gasteiger partial charge is 0.337 e. The third kappa shape index (κ3) is 6.97. The topological polar surface area (TPSA) is 112 Å². The van der Waals surface area contributed by atoms with Crippen LogP contribution in [0.4, 0.5) is 5.69 Å². The number of carbonyl (C=O) groups excluding carboxylic acids is 3. The van der Waals surface area contributed by atoms with Gasteiger partial charge in [-0.15, -0.1) is 0 Å². The summed E-state index contributed by atoms with van der Waals surface area (Å²) < 4.78 is 20.6. The molecule has 9 nitrogen and oxygen atoms in total. The molecule has 2 N–H and O–H groups in total. The van der Waals surface area contributed by atoms with Gasteiger partial charge in [-0.3, -0.25) is 9.59 Å². The van der Waals surface area contributed by atoms with Crippen LogP contribution >= 0.6 is 0 Å². The quantitative estimate of drug-likeness (QED) is 0.429. The fourth-order valence-electron chi connectivity index (χ4n) is 3.21. The number of esters is 1. The van der Waals surface area contributed by atoms with Crippen molar-refractivity contribution < 1.29 is 33.3 Å². The van der Waals surface area contributed by atoms with Crippen LogP contribution < -0.4 is 24.8 Å². The molecule has 182 valence electrons. The number of para-hydroxylation sites is 1. The predicted octanol–water partition coefficient (Wildman–Crippen LogP) is 3.44. The number of benzene rings is 3. The first kappa shape index (κ1) is 25.1. The molecule has 0 saturated heterocycles. The van der Waals surface area contributed by atoms with Crippen molar-refractivity contribution in [3.63, 3.8) is 0 Å². The van der Waals surface area contributed by atoms with Gasteiger partial charge in [-0.1, -0.05) is 12.1 Å². The van der Waals surface area contributed by atoms with Crippen molar-refractivity contribution in [1.29, 1.82) is 0 Å². The van der Waals surface area contributed by atoms with Crippen LogP contribution in [0.5, 0.6) is 17.2 Å². The number of anilines is 1. The Morgan fingerprint density at radius 2 is 1.54 bits per heavy atom. The Morgan fingerprint density at radius 3 is 2.23 bits per heavy atom. The number of methoxy groups -OCH3 is 3. The van der Waals surface area contributed by atoms with Crippen LogP contribution in [0.3, 0.4) is 0 Å². The summed E-state index contributed by atoms with van der Waals surface area (Å²) in [5.74, 6) is 0.277. The molecular formula is C26H26N2O7. The SMILES string of the molecule is COC(=O)c1cc(CNC(=O)COc2ccc(OC)cc2)cc(NC(=O)c2ccccc2OC)c1. The zero-order valence-corrected chi connectivity index (χ0v) is 19.6. The Morgan fingerprint density at radius 1 is 0.829 bits per heavy atom. The highest BCUT2D eigenvalue weighted by atomic mass is 16.5. The van der Waals surface area contributed by atoms with E-state index in [-0.39, 0.29) is 24.6 Å². The van der Waals surface area contributed by atoms with Crippen molar-refractivity contribution in [2.24, 2.45) is 0 Å². The lowest BCUT2D eigenvalue weighted by Gasteiger charge is -2.13. The third-order valence-corrected chi connectivity index (χ3v) is 4.94. The van der Waals surface area contributed by atoms with E-state index in [9.17, 15) is 14.4 Å². The van der Waals surface area contributed by atoms with Crippen LogP contribution in [-0.4, -0.2) is 45.7 Å². The van der Waals surface area contributed by atoms with E-state index in [1.54, 1.807) is 67.8 Å². The van der Waals surface area contributed by atoms with Gasteiger partial charge in [0.2, 0.25) is 0 Å². The summed E-state index contributed by atoms with van der Waals surface area (Å²) >= 11 is 0. The van der Waals surface area contributed by atoms with Gasteiger partial charge in [-0.25, -0.2) is 4.79 Å². The summed E-state index contributed by atoms with van der Waals surface area (Å²) in [6.07, 6.45) is 0. The summed E-state index contributed by atoms with van der Waals surface area (Å²) in [6, 6.07) is 18.4. The van der Waals surface area contributed by atoms with Gasteiger partial charge in [0.25, 0.3) is 11.8 Å². The molecule has 0 spiro atoms. The Kier molecular flexibility index (Phi) is 8.66. The van der Waals surface area contributed by atoms with Crippen molar-refractivity contribution in [3.05, 3.63) is 83.4 Å². The van der Waals surface area contributed by atoms with E-state index in [2.05, 4.69) is 10.6 Å². The molecule has 0 aliphatic heterocycles. The van der Waals surface area contributed by atoms with E-state index in [1.807, 2.05) is 0 Å². The van der Waals surface area contributed by atoms with Gasteiger partial charge in [0.05, 0.1) is 32.5 Å². The van der Waals surface area contributed by atoms with Crippen molar-refractivity contribution in [2.75, 3.05) is 33.3 Å². The molecular weight excluding hydrogens is 452 g/mol. The van der Waals surface area contributed by atoms with Crippen molar-refractivity contribution in [1.82, 2.24) is 5.32 Å². The second kappa shape index (κ2) is 12.1. The molecule has 0 radical (unpaired) electrons. The van der Waals surface area contributed by atoms with Gasteiger partial charge in [0.15, 0.2) is 6.61 Å². The molecule has 0 atom stereocenters. The lowest BCUT2D eigenvalue weighted by atomic mass is 10.1. The molecule has 0 fully saturated rings. The van der Waals surface area contributed by atoms with Crippen LogP contribution in [0, 0.1) is 0 Å². The van der Waals surface area contributed by atoms with E-state index < -0.39 is 11.9 Å². The molecule has 0 aliphatic rings. The maximum atomic E-state index is 12.8. The van der Waals surface area contributed by atoms with Crippen LogP contribution in [0.25, 0.3) is 0 Å². The third-order valence-electron chi connectivity index (χ3n) is 4.94. The summed E-state index contributed by atoms with van der Waals surface area (Å²) in [4.78, 5) is 37.2. The summed E-state index contributed by atoms with van der Waals surface area (Å²) in [5.41, 5.74) is 1.51. The maximum Gasteiger partial charge on any atom is 0.337 e. The second-order valence-corrected chi connectivity index (χ2v) is 7.31. The number of hydrogen-bond donors (Lipinski definition) is 2. The molecule has 3 aromatic carbocycles. The predicted molar refractivity (Wildman–Crippen MR) is 129 cm³/mol. The molecule has 35 heavy (non-hydrogen) atoms. The largest absolute Gasteiger partial charge is 0.497 e. The van der Waals surface area contributed by atoms with Gasteiger partial charge < -0.3 is 29.6 Å². The van der Waals surface area contributed by atoms with Gasteiger partial charge in [-0.2, -0.15) is 0 Å². The number of nitrogens with one attached hydrogen (secondary N) is 2. The highest BCUT2D eigenvalue weighted by molar-refractivity contribution is 6.06. The average molecular weight is 479 g/mol. The fourth-order valence-corrected chi connectivity index (χ4v) is 3.21. The average Bonchev–Trinajstić information content (AvgIpc) is 2.90. The van der Waals surface area contributed by atoms with Crippen LogP contribution in [0.15, 0.2) is 66.7 Å². The van der Waals surface area contributed by atoms with Gasteiger partial charge in [-0.05, 0) is 60.2 Å². The minimum atomic E-state index is -0.575. The molecule has 2 amide bonds. The number of hydrogen-bond acceptors (Lipinski definition) is 7. The Hall–Kier alpha value is -4.53. The molecule has 0 unspecified atom stereocenters. The van der Waals surface area contributed by atoms with Crippen LogP contribution in [0.1, 0.15) is 26.3 Å². The molecule has 0 aliphatic carbocycles. The van der Waals surface area contributed by atoms with Crippen molar-refractivity contribution in [2.45, 2.75) is 6.54 Å². The molecule has 3 rings (SSSR count). The Labute approximate surface area is 203 Å². The Bertz CT molecular complexity index is 1190. The lowest BCUT2D eigenvalue weighted by molar-refractivity contribution is -0.123. The molecule has 0 saturated carbocycles. The molecule has 9 heteroatoms. The highest BCUT2D eigenvalue weighted by Crippen LogP contribution is 2.21. The van der Waals surface area contributed by atoms with Crippen molar-refractivity contribution >= 4 is 23.5 Å². The highest BCUT2D eigenvalue weighted by Gasteiger charge is 2.15. The van der Waals surface area contributed by atoms with Crippen molar-refractivity contribution in [3.8, 4) is 17.2 Å². The zero-order chi connectivity index (χ0) is 25.2. The number of ether oxygens (including phenoxy) is 4. The van der Waals surface area contributed by atoms with E-state index in [0.717, 1.165) is 0 Å². The minimum absolute atomic E-state index is 0.104. The summed E-state index contributed by atoms with van der Waals surface area (Å²) in [7, 11) is 4.30. The number of carbonyl (C=O) groups is 3. The molecule has 0 bridgehead atoms. The van der Waals surface area contributed by atoms with E-state index in [4.69, 9.17) is 18.9 Å². The van der Waals surface area contributed by atoms with Gasteiger partial charge >= 0.3 is 5.97 Å². The molecule has 3 aromatic rings. The summed E-state index contributed by atoms with van der Waals surface area (Å²) in [5, 5.41) is 5.49. The van der Waals surface area contributed by atoms with Crippen LogP contribution in [0.2, 0.25) is 0 Å². The van der Waals surface area contributed by atoms with E-state index in [1.165, 1.54) is 20.3 Å². The monoisotopic (exact) mass is 478 g/mol. The van der Waals surface area contributed by atoms with E-state index >= 15 is 0 Å². The molecule has 0 aromatic heterocycles. The van der Waals surface area contributed by atoms with Gasteiger partial charge in [0, 0.05) is 12.2 Å². The number of rotatable bonds is 10. The summed E-state index contributed by atoms with van der Waals surface area (Å²) in [6.45, 7) is -0.0897. The first-order chi connectivity index (χ1) is 16.9. The fraction of sp³-hybridized carbons (Fsp3) is 0.192. The maximum absolute atomic E-state index is 12.8. The standard InChI is InChI=1S/C26H26N2O7/c1-32-20-8-10-21(11-9-20)35-16-24(29)27-15-17-12-18(26(31)34-3)14-19(13-17)28-25(30)22-6-4-5-7-23(22)33-2/h4-14H,15-16H2,1-3H3,(H,27,29)(H,28,30). The first-order valence-electron chi connectivity index (χ1n) is 10.6. The normalized spacial score (nSPS) is 10.1. The Balaban J connectivity index is 1.68. The first-order valence-corrected chi connectivity index (χ1v) is 10.6. The minimum Gasteiger partial charge on any atom is -0.497 e. The molecule has 0 heterocycles.